The molecule has 1 saturated heterocycles. The first kappa shape index (κ1) is 13.9. The van der Waals surface area contributed by atoms with E-state index in [1.807, 2.05) is 0 Å². The number of amides is 1. The third-order valence-corrected chi connectivity index (χ3v) is 4.84. The molecule has 2 atom stereocenters. The monoisotopic (exact) mass is 252 g/mol. The van der Waals surface area contributed by atoms with Crippen molar-refractivity contribution in [3.8, 4) is 0 Å². The third-order valence-electron chi connectivity index (χ3n) is 4.84. The smallest absolute Gasteiger partial charge is 0.225 e. The first-order valence-electron chi connectivity index (χ1n) is 7.74. The van der Waals surface area contributed by atoms with Crippen LogP contribution in [-0.4, -0.2) is 29.9 Å². The number of nitrogens with zero attached hydrogens (tertiary/aromatic N) is 1. The number of hydrogen-bond acceptors (Lipinski definition) is 2. The van der Waals surface area contributed by atoms with Crippen molar-refractivity contribution in [2.24, 2.45) is 17.6 Å². The van der Waals surface area contributed by atoms with Crippen LogP contribution in [0, 0.1) is 11.8 Å². The molecule has 1 saturated carbocycles. The van der Waals surface area contributed by atoms with Gasteiger partial charge in [0.2, 0.25) is 5.91 Å². The summed E-state index contributed by atoms with van der Waals surface area (Å²) in [5.74, 6) is 1.25. The molecule has 1 amide bonds. The molecule has 0 unspecified atom stereocenters. The summed E-state index contributed by atoms with van der Waals surface area (Å²) in [6.07, 6.45) is 9.63. The van der Waals surface area contributed by atoms with Gasteiger partial charge in [-0.15, -0.1) is 0 Å². The van der Waals surface area contributed by atoms with E-state index in [9.17, 15) is 4.79 Å². The van der Waals surface area contributed by atoms with Gasteiger partial charge in [0.25, 0.3) is 0 Å². The maximum atomic E-state index is 12.7. The summed E-state index contributed by atoms with van der Waals surface area (Å²) in [7, 11) is 0. The van der Waals surface area contributed by atoms with E-state index in [0.29, 0.717) is 18.4 Å². The van der Waals surface area contributed by atoms with Crippen LogP contribution in [0.25, 0.3) is 0 Å². The van der Waals surface area contributed by atoms with Crippen LogP contribution in [0.5, 0.6) is 0 Å². The molecular formula is C15H28N2O. The van der Waals surface area contributed by atoms with E-state index >= 15 is 0 Å². The Morgan fingerprint density at radius 2 is 1.78 bits per heavy atom. The van der Waals surface area contributed by atoms with Gasteiger partial charge in [-0.25, -0.2) is 0 Å². The van der Waals surface area contributed by atoms with Gasteiger partial charge in [0.05, 0.1) is 0 Å². The highest BCUT2D eigenvalue weighted by molar-refractivity contribution is 5.79. The molecule has 2 rings (SSSR count). The highest BCUT2D eigenvalue weighted by Crippen LogP contribution is 2.29. The Hall–Kier alpha value is -0.570. The molecule has 1 aliphatic carbocycles. The van der Waals surface area contributed by atoms with Crippen LogP contribution in [0.3, 0.4) is 0 Å². The largest absolute Gasteiger partial charge is 0.338 e. The maximum Gasteiger partial charge on any atom is 0.225 e. The number of hydrogen-bond donors (Lipinski definition) is 1. The fraction of sp³-hybridized carbons (Fsp3) is 0.933. The first-order valence-corrected chi connectivity index (χ1v) is 7.74. The first-order chi connectivity index (χ1) is 8.74. The topological polar surface area (TPSA) is 46.3 Å². The summed E-state index contributed by atoms with van der Waals surface area (Å²) in [5, 5.41) is 0. The lowest BCUT2D eigenvalue weighted by molar-refractivity contribution is -0.140. The molecule has 3 heteroatoms. The van der Waals surface area contributed by atoms with Gasteiger partial charge in [-0.3, -0.25) is 4.79 Å². The number of carbonyl (C=O) groups excluding carboxylic acids is 1. The van der Waals surface area contributed by atoms with Crippen molar-refractivity contribution in [1.29, 1.82) is 0 Å². The number of nitrogens with two attached hydrogens (primary N) is 1. The Kier molecular flexibility index (Phi) is 5.04. The lowest BCUT2D eigenvalue weighted by Crippen LogP contribution is -2.53. The van der Waals surface area contributed by atoms with Gasteiger partial charge >= 0.3 is 0 Å². The average Bonchev–Trinajstić information content (AvgIpc) is 2.66. The van der Waals surface area contributed by atoms with Crippen LogP contribution in [0.4, 0.5) is 0 Å². The second kappa shape index (κ2) is 6.55. The van der Waals surface area contributed by atoms with E-state index in [4.69, 9.17) is 5.73 Å². The molecule has 0 radical (unpaired) electrons. The van der Waals surface area contributed by atoms with E-state index < -0.39 is 0 Å². The zero-order valence-corrected chi connectivity index (χ0v) is 11.7. The zero-order chi connectivity index (χ0) is 13.0. The molecular weight excluding hydrogens is 224 g/mol. The van der Waals surface area contributed by atoms with Gasteiger partial charge in [0.15, 0.2) is 0 Å². The summed E-state index contributed by atoms with van der Waals surface area (Å²) in [5.41, 5.74) is 5.89. The van der Waals surface area contributed by atoms with E-state index in [0.717, 1.165) is 25.8 Å². The zero-order valence-electron chi connectivity index (χ0n) is 11.7. The van der Waals surface area contributed by atoms with Crippen LogP contribution in [0.1, 0.15) is 58.3 Å². The lowest BCUT2D eigenvalue weighted by atomic mass is 9.88. The quantitative estimate of drug-likeness (QED) is 0.768. The number of likely N-dealkylation sites (tertiary alicyclic amines) is 1. The average molecular weight is 252 g/mol. The minimum absolute atomic E-state index is 0.284. The van der Waals surface area contributed by atoms with E-state index in [1.54, 1.807) is 0 Å². The Morgan fingerprint density at radius 1 is 1.11 bits per heavy atom. The van der Waals surface area contributed by atoms with Crippen molar-refractivity contribution in [2.75, 3.05) is 13.1 Å². The SMILES string of the molecule is C[C@@H]1CCCN(C(=O)C2CCCCCC2)[C@@H]1CN. The van der Waals surface area contributed by atoms with Crippen molar-refractivity contribution in [3.63, 3.8) is 0 Å². The fourth-order valence-corrected chi connectivity index (χ4v) is 3.64. The Labute approximate surface area is 111 Å². The number of carbonyl (C=O) groups is 1. The van der Waals surface area contributed by atoms with Crippen molar-refractivity contribution in [2.45, 2.75) is 64.3 Å². The molecule has 1 aliphatic heterocycles. The minimum Gasteiger partial charge on any atom is -0.338 e. The molecule has 3 nitrogen and oxygen atoms in total. The highest BCUT2D eigenvalue weighted by Gasteiger charge is 2.34. The van der Waals surface area contributed by atoms with Crippen molar-refractivity contribution in [3.05, 3.63) is 0 Å². The lowest BCUT2D eigenvalue weighted by Gasteiger charge is -2.41. The Morgan fingerprint density at radius 3 is 2.39 bits per heavy atom. The molecule has 18 heavy (non-hydrogen) atoms. The molecule has 1 heterocycles. The molecule has 0 aromatic rings. The second-order valence-electron chi connectivity index (χ2n) is 6.14. The van der Waals surface area contributed by atoms with E-state index in [-0.39, 0.29) is 12.0 Å². The molecule has 0 bridgehead atoms. The van der Waals surface area contributed by atoms with E-state index in [2.05, 4.69) is 11.8 Å². The van der Waals surface area contributed by atoms with Crippen LogP contribution in [0.15, 0.2) is 0 Å². The fourth-order valence-electron chi connectivity index (χ4n) is 3.64. The minimum atomic E-state index is 0.284. The van der Waals surface area contributed by atoms with Crippen LogP contribution < -0.4 is 5.73 Å². The number of rotatable bonds is 2. The Balaban J connectivity index is 2.01. The molecule has 2 fully saturated rings. The van der Waals surface area contributed by atoms with Crippen LogP contribution >= 0.6 is 0 Å². The summed E-state index contributed by atoms with van der Waals surface area (Å²) in [6.45, 7) is 3.80. The van der Waals surface area contributed by atoms with Gasteiger partial charge in [0, 0.05) is 25.0 Å². The molecule has 0 aromatic carbocycles. The highest BCUT2D eigenvalue weighted by atomic mass is 16.2. The van der Waals surface area contributed by atoms with E-state index in [1.165, 1.54) is 32.1 Å². The van der Waals surface area contributed by atoms with Crippen molar-refractivity contribution >= 4 is 5.91 Å². The predicted molar refractivity (Wildman–Crippen MR) is 74.1 cm³/mol. The summed E-state index contributed by atoms with van der Waals surface area (Å²) in [4.78, 5) is 14.8. The molecule has 0 spiro atoms. The van der Waals surface area contributed by atoms with Gasteiger partial charge < -0.3 is 10.6 Å². The van der Waals surface area contributed by atoms with Gasteiger partial charge in [-0.2, -0.15) is 0 Å². The summed E-state index contributed by atoms with van der Waals surface area (Å²) >= 11 is 0. The normalized spacial score (nSPS) is 31.1. The van der Waals surface area contributed by atoms with Gasteiger partial charge in [-0.05, 0) is 31.6 Å². The maximum absolute atomic E-state index is 12.7. The molecule has 0 aromatic heterocycles. The van der Waals surface area contributed by atoms with Crippen molar-refractivity contribution < 1.29 is 4.79 Å². The second-order valence-corrected chi connectivity index (χ2v) is 6.14. The van der Waals surface area contributed by atoms with Crippen LogP contribution in [-0.2, 0) is 4.79 Å². The van der Waals surface area contributed by atoms with Gasteiger partial charge in [-0.1, -0.05) is 32.6 Å². The molecule has 2 aliphatic rings. The van der Waals surface area contributed by atoms with Crippen molar-refractivity contribution in [1.82, 2.24) is 4.90 Å². The standard InChI is InChI=1S/C15H28N2O/c1-12-7-6-10-17(14(12)11-16)15(18)13-8-4-2-3-5-9-13/h12-14H,2-11,16H2,1H3/t12-,14-/m1/s1. The van der Waals surface area contributed by atoms with Crippen LogP contribution in [0.2, 0.25) is 0 Å². The van der Waals surface area contributed by atoms with Gasteiger partial charge in [0.1, 0.15) is 0 Å². The summed E-state index contributed by atoms with van der Waals surface area (Å²) < 4.78 is 0. The third kappa shape index (κ3) is 3.05. The Bertz CT molecular complexity index is 272. The number of piperidine rings is 1. The predicted octanol–water partition coefficient (Wildman–Crippen LogP) is 2.54. The summed E-state index contributed by atoms with van der Waals surface area (Å²) in [6, 6.07) is 0.287. The molecule has 2 N–H and O–H groups in total. The molecule has 104 valence electrons.